The molecule has 4 rings (SSSR count). The Bertz CT molecular complexity index is 1070. The molecule has 4 N–H and O–H groups in total. The van der Waals surface area contributed by atoms with Crippen molar-refractivity contribution in [1.82, 2.24) is 25.4 Å². The summed E-state index contributed by atoms with van der Waals surface area (Å²) in [6.45, 7) is 3.14. The fourth-order valence-electron chi connectivity index (χ4n) is 2.95. The fourth-order valence-corrected chi connectivity index (χ4v) is 2.95. The summed E-state index contributed by atoms with van der Waals surface area (Å²) in [5, 5.41) is 10.3. The van der Waals surface area contributed by atoms with Crippen molar-refractivity contribution >= 4 is 28.9 Å². The number of hydrogen-bond donors (Lipinski definition) is 4. The van der Waals surface area contributed by atoms with Gasteiger partial charge in [-0.2, -0.15) is 9.61 Å². The van der Waals surface area contributed by atoms with E-state index in [4.69, 9.17) is 9.47 Å². The lowest BCUT2D eigenvalue weighted by Gasteiger charge is -2.21. The van der Waals surface area contributed by atoms with Crippen LogP contribution in [0.15, 0.2) is 24.4 Å². The third-order valence-corrected chi connectivity index (χ3v) is 4.22. The Kier molecular flexibility index (Phi) is 5.04. The fraction of sp³-hybridized carbons (Fsp3) is 0.278. The number of hydrogen-bond acceptors (Lipinski definition) is 8. The molecule has 0 spiro atoms. The van der Waals surface area contributed by atoms with E-state index in [1.165, 1.54) is 22.8 Å². The molecule has 0 saturated carbocycles. The number of benzene rings is 1. The van der Waals surface area contributed by atoms with Gasteiger partial charge in [0.25, 0.3) is 5.91 Å². The summed E-state index contributed by atoms with van der Waals surface area (Å²) in [5.74, 6) is 0.854. The van der Waals surface area contributed by atoms with Crippen LogP contribution in [0.2, 0.25) is 0 Å². The summed E-state index contributed by atoms with van der Waals surface area (Å²) in [5.41, 5.74) is 6.32. The summed E-state index contributed by atoms with van der Waals surface area (Å²) in [6.07, 6.45) is 1.43. The van der Waals surface area contributed by atoms with Gasteiger partial charge in [0.1, 0.15) is 36.2 Å². The zero-order valence-corrected chi connectivity index (χ0v) is 15.9. The average Bonchev–Trinajstić information content (AvgIpc) is 3.15. The Labute approximate surface area is 165 Å². The van der Waals surface area contributed by atoms with E-state index in [0.29, 0.717) is 54.2 Å². The van der Waals surface area contributed by atoms with Crippen LogP contribution in [-0.4, -0.2) is 47.3 Å². The maximum Gasteiger partial charge on any atom is 0.270 e. The topological polar surface area (TPSA) is 114 Å². The van der Waals surface area contributed by atoms with Crippen LogP contribution < -0.4 is 31.0 Å². The van der Waals surface area contributed by atoms with Crippen LogP contribution in [0.25, 0.3) is 5.65 Å². The summed E-state index contributed by atoms with van der Waals surface area (Å²) in [6, 6.07) is 4.26. The smallest absolute Gasteiger partial charge is 0.270 e. The Morgan fingerprint density at radius 1 is 1.28 bits per heavy atom. The van der Waals surface area contributed by atoms with Gasteiger partial charge < -0.3 is 20.1 Å². The van der Waals surface area contributed by atoms with E-state index < -0.39 is 5.82 Å². The second-order valence-electron chi connectivity index (χ2n) is 6.16. The van der Waals surface area contributed by atoms with Gasteiger partial charge in [-0.1, -0.05) is 6.92 Å². The van der Waals surface area contributed by atoms with Crippen LogP contribution in [0.4, 0.5) is 21.7 Å². The number of amides is 1. The van der Waals surface area contributed by atoms with E-state index in [0.717, 1.165) is 0 Å². The number of rotatable bonds is 6. The van der Waals surface area contributed by atoms with Gasteiger partial charge in [-0.05, 0) is 0 Å². The lowest BCUT2D eigenvalue weighted by molar-refractivity contribution is 0.0936. The summed E-state index contributed by atoms with van der Waals surface area (Å²) in [4.78, 5) is 16.9. The SMILES string of the molecule is CCNNC(=O)c1cnn2c(NC)cc(Nc3cc(F)cc4c3OCCO4)nc12. The van der Waals surface area contributed by atoms with Crippen molar-refractivity contribution in [1.29, 1.82) is 0 Å². The Hall–Kier alpha value is -3.60. The van der Waals surface area contributed by atoms with Crippen molar-refractivity contribution < 1.29 is 18.7 Å². The van der Waals surface area contributed by atoms with Crippen LogP contribution in [0.5, 0.6) is 11.5 Å². The van der Waals surface area contributed by atoms with Gasteiger partial charge in [-0.3, -0.25) is 10.2 Å². The van der Waals surface area contributed by atoms with Gasteiger partial charge in [-0.25, -0.2) is 14.8 Å². The van der Waals surface area contributed by atoms with Gasteiger partial charge in [0.05, 0.1) is 11.9 Å². The minimum absolute atomic E-state index is 0.284. The minimum Gasteiger partial charge on any atom is -0.486 e. The molecule has 0 atom stereocenters. The van der Waals surface area contributed by atoms with Gasteiger partial charge in [-0.15, -0.1) is 0 Å². The highest BCUT2D eigenvalue weighted by molar-refractivity contribution is 5.99. The number of anilines is 3. The first-order valence-corrected chi connectivity index (χ1v) is 9.06. The molecule has 3 aromatic rings. The maximum absolute atomic E-state index is 14.0. The van der Waals surface area contributed by atoms with E-state index in [9.17, 15) is 9.18 Å². The molecular formula is C18H20FN7O3. The molecular weight excluding hydrogens is 381 g/mol. The van der Waals surface area contributed by atoms with Crippen LogP contribution in [0.3, 0.4) is 0 Å². The predicted molar refractivity (Wildman–Crippen MR) is 104 cm³/mol. The summed E-state index contributed by atoms with van der Waals surface area (Å²) < 4.78 is 26.6. The Balaban J connectivity index is 1.75. The molecule has 0 bridgehead atoms. The van der Waals surface area contributed by atoms with Crippen LogP contribution in [0.1, 0.15) is 17.3 Å². The molecule has 2 aromatic heterocycles. The highest BCUT2D eigenvalue weighted by Crippen LogP contribution is 2.39. The molecule has 29 heavy (non-hydrogen) atoms. The number of ether oxygens (including phenoxy) is 2. The molecule has 1 aliphatic rings. The largest absolute Gasteiger partial charge is 0.486 e. The minimum atomic E-state index is -0.471. The number of nitrogens with one attached hydrogen (secondary N) is 4. The second-order valence-corrected chi connectivity index (χ2v) is 6.16. The molecule has 0 unspecified atom stereocenters. The van der Waals surface area contributed by atoms with Gasteiger partial charge in [0, 0.05) is 31.8 Å². The number of aromatic nitrogens is 3. The van der Waals surface area contributed by atoms with Crippen LogP contribution >= 0.6 is 0 Å². The average molecular weight is 401 g/mol. The van der Waals surface area contributed by atoms with E-state index in [2.05, 4.69) is 31.6 Å². The molecule has 3 heterocycles. The second kappa shape index (κ2) is 7.80. The van der Waals surface area contributed by atoms with E-state index in [1.54, 1.807) is 13.1 Å². The van der Waals surface area contributed by atoms with E-state index >= 15 is 0 Å². The van der Waals surface area contributed by atoms with Gasteiger partial charge in [0.2, 0.25) is 0 Å². The molecule has 0 aliphatic carbocycles. The Morgan fingerprint density at radius 2 is 2.10 bits per heavy atom. The summed E-state index contributed by atoms with van der Waals surface area (Å²) >= 11 is 0. The third kappa shape index (κ3) is 3.59. The lowest BCUT2D eigenvalue weighted by Crippen LogP contribution is -2.37. The van der Waals surface area contributed by atoms with Crippen molar-refractivity contribution in [3.63, 3.8) is 0 Å². The normalized spacial score (nSPS) is 12.7. The monoisotopic (exact) mass is 401 g/mol. The first kappa shape index (κ1) is 18.7. The van der Waals surface area contributed by atoms with Crippen molar-refractivity contribution in [3.8, 4) is 11.5 Å². The van der Waals surface area contributed by atoms with Crippen LogP contribution in [0, 0.1) is 5.82 Å². The van der Waals surface area contributed by atoms with Crippen molar-refractivity contribution in [3.05, 3.63) is 35.8 Å². The molecule has 1 aliphatic heterocycles. The molecule has 1 amide bonds. The van der Waals surface area contributed by atoms with Gasteiger partial charge >= 0.3 is 0 Å². The van der Waals surface area contributed by atoms with Crippen molar-refractivity contribution in [2.75, 3.05) is 37.4 Å². The molecule has 11 heteroatoms. The molecule has 0 saturated heterocycles. The van der Waals surface area contributed by atoms with E-state index in [1.807, 2.05) is 6.92 Å². The molecule has 1 aromatic carbocycles. The third-order valence-electron chi connectivity index (χ3n) is 4.22. The highest BCUT2D eigenvalue weighted by Gasteiger charge is 2.20. The zero-order chi connectivity index (χ0) is 20.4. The number of carbonyl (C=O) groups is 1. The number of fused-ring (bicyclic) bond motifs is 2. The van der Waals surface area contributed by atoms with E-state index in [-0.39, 0.29) is 11.5 Å². The first-order chi connectivity index (χ1) is 14.1. The molecule has 152 valence electrons. The number of carbonyl (C=O) groups excluding carboxylic acids is 1. The first-order valence-electron chi connectivity index (χ1n) is 9.06. The van der Waals surface area contributed by atoms with Crippen LogP contribution in [-0.2, 0) is 0 Å². The zero-order valence-electron chi connectivity index (χ0n) is 15.9. The van der Waals surface area contributed by atoms with Gasteiger partial charge in [0.15, 0.2) is 17.1 Å². The number of hydrazine groups is 1. The number of halogens is 1. The molecule has 0 fully saturated rings. The maximum atomic E-state index is 14.0. The lowest BCUT2D eigenvalue weighted by atomic mass is 10.2. The van der Waals surface area contributed by atoms with Crippen molar-refractivity contribution in [2.45, 2.75) is 6.92 Å². The molecule has 0 radical (unpaired) electrons. The quantitative estimate of drug-likeness (QED) is 0.462. The van der Waals surface area contributed by atoms with Crippen molar-refractivity contribution in [2.24, 2.45) is 0 Å². The standard InChI is InChI=1S/C18H20FN7O3/c1-3-21-25-18(27)11-9-22-26-15(20-2)8-14(24-17(11)26)23-12-6-10(19)7-13-16(12)29-5-4-28-13/h6-9,20-21H,3-5H2,1-2H3,(H,23,24)(H,25,27). The Morgan fingerprint density at radius 3 is 2.90 bits per heavy atom. The number of nitrogens with zero attached hydrogens (tertiary/aromatic N) is 3. The summed E-state index contributed by atoms with van der Waals surface area (Å²) in [7, 11) is 1.72. The molecule has 10 nitrogen and oxygen atoms in total. The predicted octanol–water partition coefficient (Wildman–Crippen LogP) is 1.68. The highest BCUT2D eigenvalue weighted by atomic mass is 19.1.